The van der Waals surface area contributed by atoms with Crippen molar-refractivity contribution in [1.82, 2.24) is 5.32 Å². The average molecular weight is 332 g/mol. The Morgan fingerprint density at radius 1 is 1.33 bits per heavy atom. The molecule has 1 aromatic rings. The van der Waals surface area contributed by atoms with Gasteiger partial charge >= 0.3 is 0 Å². The number of halogens is 2. The van der Waals surface area contributed by atoms with E-state index in [1.807, 2.05) is 0 Å². The number of benzene rings is 1. The zero-order valence-corrected chi connectivity index (χ0v) is 13.9. The number of rotatable bonds is 8. The molecule has 1 saturated carbocycles. The van der Waals surface area contributed by atoms with E-state index >= 15 is 0 Å². The van der Waals surface area contributed by atoms with Gasteiger partial charge in [0.1, 0.15) is 18.5 Å². The van der Waals surface area contributed by atoms with Crippen molar-refractivity contribution < 1.29 is 9.84 Å². The first-order valence-electron chi connectivity index (χ1n) is 7.51. The van der Waals surface area contributed by atoms with Crippen LogP contribution in [0.3, 0.4) is 0 Å². The van der Waals surface area contributed by atoms with E-state index < -0.39 is 6.10 Å². The number of ether oxygens (including phenoxy) is 1. The highest BCUT2D eigenvalue weighted by molar-refractivity contribution is 6.42. The molecule has 3 nitrogen and oxygen atoms in total. The summed E-state index contributed by atoms with van der Waals surface area (Å²) < 4.78 is 5.52. The quantitative estimate of drug-likeness (QED) is 0.759. The standard InChI is InChI=1S/C16H23Cl2NO2/c1-2-16(6-3-7-16)11-19-9-12(20)10-21-13-4-5-14(17)15(18)8-13/h4-5,8,12,19-20H,2-3,6-7,9-11H2,1H3. The third kappa shape index (κ3) is 4.75. The second-order valence-corrected chi connectivity index (χ2v) is 6.69. The normalized spacial score (nSPS) is 18.1. The first-order chi connectivity index (χ1) is 10.0. The van der Waals surface area contributed by atoms with Crippen molar-refractivity contribution in [2.75, 3.05) is 19.7 Å². The van der Waals surface area contributed by atoms with Gasteiger partial charge in [-0.1, -0.05) is 36.5 Å². The van der Waals surface area contributed by atoms with Crippen LogP contribution in [0.2, 0.25) is 10.0 Å². The van der Waals surface area contributed by atoms with Gasteiger partial charge in [-0.15, -0.1) is 0 Å². The molecule has 0 amide bonds. The molecule has 1 aliphatic rings. The van der Waals surface area contributed by atoms with E-state index in [1.165, 1.54) is 25.7 Å². The van der Waals surface area contributed by atoms with Gasteiger partial charge in [0, 0.05) is 19.2 Å². The third-order valence-corrected chi connectivity index (χ3v) is 5.12. The predicted molar refractivity (Wildman–Crippen MR) is 87.4 cm³/mol. The summed E-state index contributed by atoms with van der Waals surface area (Å²) in [7, 11) is 0. The van der Waals surface area contributed by atoms with Gasteiger partial charge in [0.05, 0.1) is 10.0 Å². The average Bonchev–Trinajstić information content (AvgIpc) is 2.43. The molecule has 21 heavy (non-hydrogen) atoms. The van der Waals surface area contributed by atoms with Crippen molar-refractivity contribution in [3.05, 3.63) is 28.2 Å². The van der Waals surface area contributed by atoms with E-state index in [-0.39, 0.29) is 6.61 Å². The molecule has 0 aromatic heterocycles. The molecule has 1 unspecified atom stereocenters. The largest absolute Gasteiger partial charge is 0.491 e. The van der Waals surface area contributed by atoms with Crippen molar-refractivity contribution in [3.8, 4) is 5.75 Å². The van der Waals surface area contributed by atoms with Crippen LogP contribution in [-0.4, -0.2) is 30.9 Å². The van der Waals surface area contributed by atoms with Crippen molar-refractivity contribution >= 4 is 23.2 Å². The van der Waals surface area contributed by atoms with Gasteiger partial charge in [-0.3, -0.25) is 0 Å². The first-order valence-corrected chi connectivity index (χ1v) is 8.27. The smallest absolute Gasteiger partial charge is 0.121 e. The van der Waals surface area contributed by atoms with Crippen LogP contribution in [-0.2, 0) is 0 Å². The Kier molecular flexibility index (Phi) is 6.18. The molecule has 0 saturated heterocycles. The first kappa shape index (κ1) is 16.9. The molecule has 1 aromatic carbocycles. The fourth-order valence-electron chi connectivity index (χ4n) is 2.65. The number of hydrogen-bond donors (Lipinski definition) is 2. The Morgan fingerprint density at radius 2 is 2.10 bits per heavy atom. The molecule has 0 radical (unpaired) electrons. The van der Waals surface area contributed by atoms with E-state index in [0.717, 1.165) is 6.54 Å². The molecule has 0 aliphatic heterocycles. The summed E-state index contributed by atoms with van der Waals surface area (Å²) in [6.45, 7) is 4.01. The number of aliphatic hydroxyl groups excluding tert-OH is 1. The van der Waals surface area contributed by atoms with Gasteiger partial charge < -0.3 is 15.2 Å². The maximum Gasteiger partial charge on any atom is 0.121 e. The summed E-state index contributed by atoms with van der Waals surface area (Å²) in [5, 5.41) is 14.3. The maximum absolute atomic E-state index is 9.95. The third-order valence-electron chi connectivity index (χ3n) is 4.38. The minimum Gasteiger partial charge on any atom is -0.491 e. The SMILES string of the molecule is CCC1(CNCC(O)COc2ccc(Cl)c(Cl)c2)CCC1. The Balaban J connectivity index is 1.67. The molecule has 0 heterocycles. The Labute approximate surface area is 136 Å². The lowest BCUT2D eigenvalue weighted by atomic mass is 9.67. The molecule has 0 bridgehead atoms. The van der Waals surface area contributed by atoms with Crippen molar-refractivity contribution in [2.45, 2.75) is 38.7 Å². The fourth-order valence-corrected chi connectivity index (χ4v) is 2.94. The highest BCUT2D eigenvalue weighted by atomic mass is 35.5. The van der Waals surface area contributed by atoms with Crippen LogP contribution in [0.1, 0.15) is 32.6 Å². The molecule has 1 atom stereocenters. The molecular weight excluding hydrogens is 309 g/mol. The molecule has 5 heteroatoms. The lowest BCUT2D eigenvalue weighted by Crippen LogP contribution is -2.42. The highest BCUT2D eigenvalue weighted by Crippen LogP contribution is 2.42. The van der Waals surface area contributed by atoms with Crippen LogP contribution < -0.4 is 10.1 Å². The van der Waals surface area contributed by atoms with Crippen LogP contribution in [0.25, 0.3) is 0 Å². The number of aliphatic hydroxyl groups is 1. The van der Waals surface area contributed by atoms with Gasteiger partial charge in [-0.25, -0.2) is 0 Å². The zero-order valence-electron chi connectivity index (χ0n) is 12.4. The molecule has 0 spiro atoms. The monoisotopic (exact) mass is 331 g/mol. The summed E-state index contributed by atoms with van der Waals surface area (Å²) in [5.41, 5.74) is 0.463. The van der Waals surface area contributed by atoms with Crippen LogP contribution in [0.4, 0.5) is 0 Å². The predicted octanol–water partition coefficient (Wildman–Crippen LogP) is 3.90. The van der Waals surface area contributed by atoms with E-state index in [2.05, 4.69) is 12.2 Å². The van der Waals surface area contributed by atoms with E-state index in [9.17, 15) is 5.11 Å². The van der Waals surface area contributed by atoms with E-state index in [0.29, 0.717) is 27.8 Å². The van der Waals surface area contributed by atoms with Gasteiger partial charge in [-0.2, -0.15) is 0 Å². The number of hydrogen-bond acceptors (Lipinski definition) is 3. The summed E-state index contributed by atoms with van der Waals surface area (Å²) in [4.78, 5) is 0. The van der Waals surface area contributed by atoms with Gasteiger partial charge in [0.2, 0.25) is 0 Å². The number of nitrogens with one attached hydrogen (secondary N) is 1. The molecular formula is C16H23Cl2NO2. The van der Waals surface area contributed by atoms with Gasteiger partial charge in [0.25, 0.3) is 0 Å². The second kappa shape index (κ2) is 7.68. The van der Waals surface area contributed by atoms with Crippen LogP contribution in [0.15, 0.2) is 18.2 Å². The van der Waals surface area contributed by atoms with E-state index in [1.54, 1.807) is 18.2 Å². The summed E-state index contributed by atoms with van der Waals surface area (Å²) in [6, 6.07) is 5.09. The Hall–Kier alpha value is -0.480. The van der Waals surface area contributed by atoms with Crippen molar-refractivity contribution in [1.29, 1.82) is 0 Å². The molecule has 1 aliphatic carbocycles. The van der Waals surface area contributed by atoms with Crippen molar-refractivity contribution in [3.63, 3.8) is 0 Å². The van der Waals surface area contributed by atoms with Crippen LogP contribution in [0, 0.1) is 5.41 Å². The molecule has 2 rings (SSSR count). The fraction of sp³-hybridized carbons (Fsp3) is 0.625. The molecule has 2 N–H and O–H groups in total. The summed E-state index contributed by atoms with van der Waals surface area (Å²) >= 11 is 11.8. The Morgan fingerprint density at radius 3 is 2.67 bits per heavy atom. The Bertz CT molecular complexity index is 458. The van der Waals surface area contributed by atoms with Crippen LogP contribution in [0.5, 0.6) is 5.75 Å². The lowest BCUT2D eigenvalue weighted by molar-refractivity contribution is 0.0869. The topological polar surface area (TPSA) is 41.5 Å². The van der Waals surface area contributed by atoms with E-state index in [4.69, 9.17) is 27.9 Å². The lowest BCUT2D eigenvalue weighted by Gasteiger charge is -2.41. The summed E-state index contributed by atoms with van der Waals surface area (Å²) in [5.74, 6) is 0.618. The highest BCUT2D eigenvalue weighted by Gasteiger charge is 2.34. The minimum absolute atomic E-state index is 0.240. The van der Waals surface area contributed by atoms with Gasteiger partial charge in [0.15, 0.2) is 0 Å². The summed E-state index contributed by atoms with van der Waals surface area (Å²) in [6.07, 6.45) is 4.60. The van der Waals surface area contributed by atoms with Crippen molar-refractivity contribution in [2.24, 2.45) is 5.41 Å². The van der Waals surface area contributed by atoms with Gasteiger partial charge in [-0.05, 0) is 36.8 Å². The zero-order chi connectivity index (χ0) is 15.3. The molecule has 1 fully saturated rings. The minimum atomic E-state index is -0.534. The van der Waals surface area contributed by atoms with Crippen LogP contribution >= 0.6 is 23.2 Å². The second-order valence-electron chi connectivity index (χ2n) is 5.88. The molecule has 118 valence electrons. The maximum atomic E-state index is 9.95.